The fourth-order valence-electron chi connectivity index (χ4n) is 3.91. The van der Waals surface area contributed by atoms with E-state index < -0.39 is 42.8 Å². The van der Waals surface area contributed by atoms with Crippen molar-refractivity contribution in [1.29, 1.82) is 0 Å². The molecular weight excluding hydrogens is 474 g/mol. The lowest BCUT2D eigenvalue weighted by molar-refractivity contribution is -0.297. The number of carbonyl (C=O) groups is 1. The summed E-state index contributed by atoms with van der Waals surface area (Å²) < 4.78 is 15.6. The summed E-state index contributed by atoms with van der Waals surface area (Å²) in [5.41, 5.74) is 1.87. The highest BCUT2D eigenvalue weighted by atomic mass is 16.7. The van der Waals surface area contributed by atoms with Crippen LogP contribution in [0.3, 0.4) is 0 Å². The van der Waals surface area contributed by atoms with Crippen LogP contribution in [0.25, 0.3) is 0 Å². The Morgan fingerprint density at radius 1 is 1.08 bits per heavy atom. The predicted octanol–water partition coefficient (Wildman–Crippen LogP) is 0.0638. The van der Waals surface area contributed by atoms with Gasteiger partial charge in [0.05, 0.1) is 19.8 Å². The molecule has 0 aromatic heterocycles. The number of nitrogens with one attached hydrogen (secondary N) is 1. The Balaban J connectivity index is 1.56. The fourth-order valence-corrected chi connectivity index (χ4v) is 3.91. The number of benzene rings is 2. The molecule has 2 aromatic rings. The van der Waals surface area contributed by atoms with E-state index in [9.17, 15) is 30.3 Å². The Labute approximate surface area is 208 Å². The molecule has 1 saturated heterocycles. The van der Waals surface area contributed by atoms with Gasteiger partial charge in [0.25, 0.3) is 0 Å². The second-order valence-corrected chi connectivity index (χ2v) is 8.81. The molecule has 1 aliphatic rings. The number of carboxylic acid groups (broad SMARTS) is 1. The highest BCUT2D eigenvalue weighted by molar-refractivity contribution is 5.73. The Hall–Kier alpha value is -2.77. The summed E-state index contributed by atoms with van der Waals surface area (Å²) in [6.45, 7) is 1.93. The second-order valence-electron chi connectivity index (χ2n) is 8.81. The molecule has 36 heavy (non-hydrogen) atoms. The van der Waals surface area contributed by atoms with E-state index in [-0.39, 0.29) is 30.5 Å². The number of ether oxygens (including phenoxy) is 3. The summed E-state index contributed by atoms with van der Waals surface area (Å²) in [5.74, 6) is -0.891. The largest absolute Gasteiger partial charge is 0.508 e. The Kier molecular flexibility index (Phi) is 9.63. The molecule has 0 bridgehead atoms. The van der Waals surface area contributed by atoms with Gasteiger partial charge in [-0.05, 0) is 48.7 Å². The molecule has 0 spiro atoms. The molecule has 0 radical (unpaired) electrons. The minimum Gasteiger partial charge on any atom is -0.508 e. The van der Waals surface area contributed by atoms with Crippen LogP contribution >= 0.6 is 0 Å². The van der Waals surface area contributed by atoms with Gasteiger partial charge in [-0.25, -0.2) is 4.79 Å². The predicted molar refractivity (Wildman–Crippen MR) is 126 cm³/mol. The molecule has 0 amide bonds. The number of hydrogen-bond acceptors (Lipinski definition) is 10. The summed E-state index contributed by atoms with van der Waals surface area (Å²) in [6, 6.07) is 12.3. The average Bonchev–Trinajstić information content (AvgIpc) is 2.86. The van der Waals surface area contributed by atoms with Crippen LogP contribution in [0, 0.1) is 0 Å². The molecule has 198 valence electrons. The van der Waals surface area contributed by atoms with Crippen LogP contribution in [0.4, 0.5) is 0 Å². The number of methoxy groups -OCH3 is 1. The van der Waals surface area contributed by atoms with Gasteiger partial charge in [-0.3, -0.25) is 0 Å². The lowest BCUT2D eigenvalue weighted by Gasteiger charge is -2.38. The zero-order valence-electron chi connectivity index (χ0n) is 20.0. The van der Waals surface area contributed by atoms with Crippen molar-refractivity contribution in [2.24, 2.45) is 0 Å². The first-order valence-electron chi connectivity index (χ1n) is 11.5. The smallest absolute Gasteiger partial charge is 0.335 e. The SMILES string of the molecule is COc1ccc(CC(C)NCC(O)c2ccc(O)c(CO[C@@H]3OC(C(=O)O)[C@@H](O)[C@H](O)C3O)c2)cc1. The molecule has 1 fully saturated rings. The first-order chi connectivity index (χ1) is 17.1. The molecule has 2 aromatic carbocycles. The number of aliphatic hydroxyl groups is 4. The van der Waals surface area contributed by atoms with Crippen molar-refractivity contribution in [3.05, 3.63) is 59.2 Å². The highest BCUT2D eigenvalue weighted by Gasteiger charge is 2.47. The number of aliphatic hydroxyl groups excluding tert-OH is 4. The molecule has 4 unspecified atom stereocenters. The van der Waals surface area contributed by atoms with E-state index in [0.717, 1.165) is 17.7 Å². The van der Waals surface area contributed by atoms with Crippen LogP contribution in [0.5, 0.6) is 11.5 Å². The standard InChI is InChI=1S/C25H33NO10/c1-13(9-14-3-6-17(34-2)7-4-14)26-11-19(28)15-5-8-18(27)16(10-15)12-35-25-22(31)20(29)21(30)23(36-25)24(32)33/h3-8,10,13,19-23,25-31H,9,11-12H2,1-2H3,(H,32,33)/t13?,19?,20-,21-,22?,23?,25+/m0/s1. The maximum atomic E-state index is 11.2. The van der Waals surface area contributed by atoms with Crippen LogP contribution in [0.2, 0.25) is 0 Å². The zero-order valence-corrected chi connectivity index (χ0v) is 20.0. The lowest BCUT2D eigenvalue weighted by atomic mass is 9.99. The van der Waals surface area contributed by atoms with Crippen LogP contribution in [0.15, 0.2) is 42.5 Å². The molecule has 11 heteroatoms. The minimum absolute atomic E-state index is 0.0712. The van der Waals surface area contributed by atoms with Crippen LogP contribution in [0.1, 0.15) is 29.7 Å². The third-order valence-corrected chi connectivity index (χ3v) is 6.07. The number of rotatable bonds is 11. The number of hydrogen-bond donors (Lipinski definition) is 7. The maximum absolute atomic E-state index is 11.2. The Morgan fingerprint density at radius 3 is 2.42 bits per heavy atom. The maximum Gasteiger partial charge on any atom is 0.335 e. The third kappa shape index (κ3) is 6.92. The monoisotopic (exact) mass is 507 g/mol. The molecule has 3 rings (SSSR count). The van der Waals surface area contributed by atoms with E-state index >= 15 is 0 Å². The fraction of sp³-hybridized carbons (Fsp3) is 0.480. The Bertz CT molecular complexity index is 1000. The van der Waals surface area contributed by atoms with E-state index in [0.29, 0.717) is 5.56 Å². The topological polar surface area (TPSA) is 178 Å². The van der Waals surface area contributed by atoms with E-state index in [4.69, 9.17) is 19.3 Å². The Morgan fingerprint density at radius 2 is 1.78 bits per heavy atom. The van der Waals surface area contributed by atoms with Gasteiger partial charge in [0.15, 0.2) is 12.4 Å². The number of aromatic hydroxyl groups is 1. The van der Waals surface area contributed by atoms with E-state index in [1.807, 2.05) is 31.2 Å². The number of phenols is 1. The van der Waals surface area contributed by atoms with E-state index in [1.165, 1.54) is 12.1 Å². The summed E-state index contributed by atoms with van der Waals surface area (Å²) >= 11 is 0. The summed E-state index contributed by atoms with van der Waals surface area (Å²) in [4.78, 5) is 11.2. The quantitative estimate of drug-likeness (QED) is 0.219. The molecule has 0 aliphatic carbocycles. The minimum atomic E-state index is -1.83. The highest BCUT2D eigenvalue weighted by Crippen LogP contribution is 2.27. The van der Waals surface area contributed by atoms with Gasteiger partial charge in [-0.1, -0.05) is 18.2 Å². The van der Waals surface area contributed by atoms with Crippen LogP contribution in [-0.2, 0) is 27.3 Å². The normalized spacial score (nSPS) is 25.8. The average molecular weight is 508 g/mol. The van der Waals surface area contributed by atoms with Gasteiger partial charge in [-0.2, -0.15) is 0 Å². The molecule has 7 atom stereocenters. The first-order valence-corrected chi connectivity index (χ1v) is 11.5. The molecule has 0 saturated carbocycles. The van der Waals surface area contributed by atoms with E-state index in [1.54, 1.807) is 13.2 Å². The van der Waals surface area contributed by atoms with Crippen molar-refractivity contribution in [3.8, 4) is 11.5 Å². The van der Waals surface area contributed by atoms with Gasteiger partial charge in [0.1, 0.15) is 29.8 Å². The summed E-state index contributed by atoms with van der Waals surface area (Å²) in [5, 5.41) is 63.0. The van der Waals surface area contributed by atoms with Crippen molar-refractivity contribution in [2.75, 3.05) is 13.7 Å². The molecule has 7 N–H and O–H groups in total. The molecule has 11 nitrogen and oxygen atoms in total. The number of aliphatic carboxylic acids is 1. The zero-order chi connectivity index (χ0) is 26.4. The molecule has 1 heterocycles. The van der Waals surface area contributed by atoms with Gasteiger partial charge in [-0.15, -0.1) is 0 Å². The van der Waals surface area contributed by atoms with Gasteiger partial charge < -0.3 is 50.2 Å². The van der Waals surface area contributed by atoms with E-state index in [2.05, 4.69) is 5.32 Å². The first kappa shape index (κ1) is 27.8. The van der Waals surface area contributed by atoms with Crippen molar-refractivity contribution >= 4 is 5.97 Å². The van der Waals surface area contributed by atoms with Crippen molar-refractivity contribution < 1.29 is 49.6 Å². The summed E-state index contributed by atoms with van der Waals surface area (Å²) in [6.07, 6.45) is -8.83. The van der Waals surface area contributed by atoms with Crippen LogP contribution in [-0.4, -0.2) is 87.0 Å². The van der Waals surface area contributed by atoms with Crippen molar-refractivity contribution in [1.82, 2.24) is 5.32 Å². The second kappa shape index (κ2) is 12.5. The summed E-state index contributed by atoms with van der Waals surface area (Å²) in [7, 11) is 1.61. The van der Waals surface area contributed by atoms with Gasteiger partial charge in [0, 0.05) is 18.2 Å². The third-order valence-electron chi connectivity index (χ3n) is 6.07. The molecule has 1 aliphatic heterocycles. The van der Waals surface area contributed by atoms with Crippen molar-refractivity contribution in [3.63, 3.8) is 0 Å². The van der Waals surface area contributed by atoms with Crippen molar-refractivity contribution in [2.45, 2.75) is 62.8 Å². The van der Waals surface area contributed by atoms with Gasteiger partial charge in [0.2, 0.25) is 0 Å². The lowest BCUT2D eigenvalue weighted by Crippen LogP contribution is -2.60. The van der Waals surface area contributed by atoms with Crippen LogP contribution < -0.4 is 10.1 Å². The number of carboxylic acids is 1. The van der Waals surface area contributed by atoms with Gasteiger partial charge >= 0.3 is 5.97 Å². The molecular formula is C25H33NO10. The number of phenolic OH excluding ortho intramolecular Hbond substituents is 1.